The van der Waals surface area contributed by atoms with Crippen molar-refractivity contribution < 1.29 is 10.0 Å². The summed E-state index contributed by atoms with van der Waals surface area (Å²) in [5, 5.41) is 13.4. The number of aromatic nitrogens is 1. The van der Waals surface area contributed by atoms with Gasteiger partial charge in [0.05, 0.1) is 5.52 Å². The maximum absolute atomic E-state index is 11.1. The van der Waals surface area contributed by atoms with Gasteiger partial charge in [-0.3, -0.25) is 10.0 Å². The Bertz CT molecular complexity index is 1130. The van der Waals surface area contributed by atoms with Crippen molar-refractivity contribution in [2.24, 2.45) is 0 Å². The van der Waals surface area contributed by atoms with Crippen molar-refractivity contribution in [3.8, 4) is 5.69 Å². The highest BCUT2D eigenvalue weighted by Crippen LogP contribution is 2.25. The first-order valence-corrected chi connectivity index (χ1v) is 10.6. The summed E-state index contributed by atoms with van der Waals surface area (Å²) >= 11 is 0. The van der Waals surface area contributed by atoms with E-state index in [1.165, 1.54) is 27.7 Å². The van der Waals surface area contributed by atoms with Gasteiger partial charge in [-0.1, -0.05) is 60.7 Å². The number of nitrogens with one attached hydrogen (secondary N) is 2. The van der Waals surface area contributed by atoms with Crippen LogP contribution in [0.15, 0.2) is 85.1 Å². The first kappa shape index (κ1) is 20.8. The summed E-state index contributed by atoms with van der Waals surface area (Å²) in [6, 6.07) is 27.2. The largest absolute Gasteiger partial charge is 0.316 e. The molecule has 0 aliphatic rings. The van der Waals surface area contributed by atoms with E-state index in [-0.39, 0.29) is 12.3 Å². The molecule has 4 rings (SSSR count). The Hall–Kier alpha value is -3.41. The zero-order valence-corrected chi connectivity index (χ0v) is 17.4. The van der Waals surface area contributed by atoms with Gasteiger partial charge in [0.25, 0.3) is 0 Å². The third-order valence-electron chi connectivity index (χ3n) is 5.52. The number of hydroxylamine groups is 1. The molecule has 3 N–H and O–H groups in total. The van der Waals surface area contributed by atoms with E-state index in [4.69, 9.17) is 5.21 Å². The van der Waals surface area contributed by atoms with E-state index in [1.54, 1.807) is 5.48 Å². The van der Waals surface area contributed by atoms with Crippen LogP contribution >= 0.6 is 0 Å². The van der Waals surface area contributed by atoms with Crippen LogP contribution in [0, 0.1) is 0 Å². The molecule has 0 radical (unpaired) electrons. The minimum Gasteiger partial charge on any atom is -0.316 e. The second-order valence-electron chi connectivity index (χ2n) is 7.66. The zero-order chi connectivity index (χ0) is 21.5. The maximum Gasteiger partial charge on any atom is 0.243 e. The van der Waals surface area contributed by atoms with Gasteiger partial charge in [-0.05, 0) is 54.3 Å². The number of hydrogen-bond acceptors (Lipinski definition) is 3. The van der Waals surface area contributed by atoms with Crippen LogP contribution in [0.2, 0.25) is 0 Å². The molecule has 0 saturated heterocycles. The van der Waals surface area contributed by atoms with Crippen LogP contribution in [0.5, 0.6) is 0 Å². The van der Waals surface area contributed by atoms with Crippen LogP contribution in [0.4, 0.5) is 0 Å². The van der Waals surface area contributed by atoms with E-state index < -0.39 is 0 Å². The van der Waals surface area contributed by atoms with Gasteiger partial charge < -0.3 is 9.88 Å². The Morgan fingerprint density at radius 2 is 1.55 bits per heavy atom. The number of para-hydroxylation sites is 2. The van der Waals surface area contributed by atoms with Gasteiger partial charge in [-0.2, -0.15) is 0 Å². The van der Waals surface area contributed by atoms with E-state index in [1.807, 2.05) is 18.2 Å². The predicted molar refractivity (Wildman–Crippen MR) is 123 cm³/mol. The summed E-state index contributed by atoms with van der Waals surface area (Å²) < 4.78 is 2.26. The lowest BCUT2D eigenvalue weighted by Crippen LogP contribution is -2.18. The predicted octanol–water partition coefficient (Wildman–Crippen LogP) is 4.40. The fourth-order valence-electron chi connectivity index (χ4n) is 3.84. The summed E-state index contributed by atoms with van der Waals surface area (Å²) in [6.45, 7) is 1.69. The average molecular weight is 414 g/mol. The van der Waals surface area contributed by atoms with Crippen molar-refractivity contribution >= 4 is 16.8 Å². The number of amides is 1. The highest BCUT2D eigenvalue weighted by Gasteiger charge is 2.09. The zero-order valence-electron chi connectivity index (χ0n) is 17.4. The number of nitrogens with zero attached hydrogens (tertiary/aromatic N) is 1. The van der Waals surface area contributed by atoms with Crippen molar-refractivity contribution in [1.82, 2.24) is 15.4 Å². The molecule has 0 atom stereocenters. The van der Waals surface area contributed by atoms with Gasteiger partial charge >= 0.3 is 0 Å². The molecule has 0 aliphatic heterocycles. The van der Waals surface area contributed by atoms with E-state index in [0.29, 0.717) is 6.42 Å². The van der Waals surface area contributed by atoms with Crippen molar-refractivity contribution in [2.45, 2.75) is 25.8 Å². The Balaban J connectivity index is 1.35. The van der Waals surface area contributed by atoms with Gasteiger partial charge in [0.2, 0.25) is 5.91 Å². The molecule has 0 fully saturated rings. The minimum absolute atomic E-state index is 0.282. The third-order valence-corrected chi connectivity index (χ3v) is 5.52. The molecule has 0 unspecified atom stereocenters. The molecular formula is C26H27N3O2. The van der Waals surface area contributed by atoms with Gasteiger partial charge in [-0.25, -0.2) is 5.48 Å². The molecule has 0 saturated carbocycles. The fraction of sp³-hybridized carbons (Fsp3) is 0.192. The molecule has 31 heavy (non-hydrogen) atoms. The number of aryl methyl sites for hydroxylation is 1. The van der Waals surface area contributed by atoms with Crippen molar-refractivity contribution in [3.05, 3.63) is 102 Å². The SMILES string of the molecule is O=C(CCc1ccc(CNCCc2cn(-c3ccccc3)c3ccccc23)cc1)NO. The second kappa shape index (κ2) is 10.1. The number of hydrogen-bond donors (Lipinski definition) is 3. The molecule has 5 heteroatoms. The lowest BCUT2D eigenvalue weighted by Gasteiger charge is -2.06. The summed E-state index contributed by atoms with van der Waals surface area (Å²) in [5.74, 6) is -0.362. The first-order valence-electron chi connectivity index (χ1n) is 10.6. The van der Waals surface area contributed by atoms with Crippen LogP contribution in [-0.2, 0) is 24.2 Å². The Labute approximate surface area is 182 Å². The number of benzene rings is 3. The van der Waals surface area contributed by atoms with Crippen LogP contribution < -0.4 is 10.8 Å². The van der Waals surface area contributed by atoms with Crippen molar-refractivity contribution in [2.75, 3.05) is 6.54 Å². The molecule has 158 valence electrons. The van der Waals surface area contributed by atoms with Crippen LogP contribution in [-0.4, -0.2) is 22.2 Å². The van der Waals surface area contributed by atoms with E-state index in [9.17, 15) is 4.79 Å². The Kier molecular flexibility index (Phi) is 6.77. The van der Waals surface area contributed by atoms with Crippen LogP contribution in [0.25, 0.3) is 16.6 Å². The smallest absolute Gasteiger partial charge is 0.243 e. The summed E-state index contributed by atoms with van der Waals surface area (Å²) in [4.78, 5) is 11.1. The summed E-state index contributed by atoms with van der Waals surface area (Å²) in [6.07, 6.45) is 4.10. The summed E-state index contributed by atoms with van der Waals surface area (Å²) in [7, 11) is 0. The van der Waals surface area contributed by atoms with E-state index >= 15 is 0 Å². The normalized spacial score (nSPS) is 11.0. The molecule has 0 bridgehead atoms. The Morgan fingerprint density at radius 1 is 0.839 bits per heavy atom. The molecule has 1 heterocycles. The average Bonchev–Trinajstić information content (AvgIpc) is 3.20. The molecule has 1 aromatic heterocycles. The van der Waals surface area contributed by atoms with Crippen molar-refractivity contribution in [3.63, 3.8) is 0 Å². The molecule has 4 aromatic rings. The Morgan fingerprint density at radius 3 is 2.32 bits per heavy atom. The summed E-state index contributed by atoms with van der Waals surface area (Å²) in [5.41, 5.74) is 7.70. The standard InChI is InChI=1S/C26H27N3O2/c30-26(28-31)15-14-20-10-12-21(13-11-20)18-27-17-16-22-19-29(23-6-2-1-3-7-23)25-9-5-4-8-24(22)25/h1-13,19,27,31H,14-18H2,(H,28,30). The van der Waals surface area contributed by atoms with Gasteiger partial charge in [-0.15, -0.1) is 0 Å². The maximum atomic E-state index is 11.1. The molecule has 0 spiro atoms. The number of carbonyl (C=O) groups excluding carboxylic acids is 1. The van der Waals surface area contributed by atoms with Crippen molar-refractivity contribution in [1.29, 1.82) is 0 Å². The number of fused-ring (bicyclic) bond motifs is 1. The molecule has 3 aromatic carbocycles. The number of carbonyl (C=O) groups is 1. The molecule has 1 amide bonds. The quantitative estimate of drug-likeness (QED) is 0.216. The fourth-order valence-corrected chi connectivity index (χ4v) is 3.84. The highest BCUT2D eigenvalue weighted by atomic mass is 16.5. The minimum atomic E-state index is -0.362. The van der Waals surface area contributed by atoms with E-state index in [2.05, 4.69) is 76.7 Å². The van der Waals surface area contributed by atoms with E-state index in [0.717, 1.165) is 25.1 Å². The van der Waals surface area contributed by atoms with Gasteiger partial charge in [0, 0.05) is 30.2 Å². The first-order chi connectivity index (χ1) is 15.2. The lowest BCUT2D eigenvalue weighted by atomic mass is 10.1. The monoisotopic (exact) mass is 413 g/mol. The van der Waals surface area contributed by atoms with Crippen LogP contribution in [0.3, 0.4) is 0 Å². The highest BCUT2D eigenvalue weighted by molar-refractivity contribution is 5.85. The topological polar surface area (TPSA) is 66.3 Å². The lowest BCUT2D eigenvalue weighted by molar-refractivity contribution is -0.129. The van der Waals surface area contributed by atoms with Gasteiger partial charge in [0.15, 0.2) is 0 Å². The second-order valence-corrected chi connectivity index (χ2v) is 7.66. The molecular weight excluding hydrogens is 386 g/mol. The molecule has 0 aliphatic carbocycles. The third kappa shape index (κ3) is 5.20. The van der Waals surface area contributed by atoms with Crippen LogP contribution in [0.1, 0.15) is 23.1 Å². The number of rotatable bonds is 9. The molecule has 5 nitrogen and oxygen atoms in total. The van der Waals surface area contributed by atoms with Gasteiger partial charge in [0.1, 0.15) is 0 Å².